The van der Waals surface area contributed by atoms with Crippen molar-refractivity contribution < 1.29 is 74.5 Å². The molecule has 16 heteroatoms. The van der Waals surface area contributed by atoms with Gasteiger partial charge in [-0.1, -0.05) is 0 Å². The zero-order chi connectivity index (χ0) is 32.2. The molecule has 0 unspecified atom stereocenters. The van der Waals surface area contributed by atoms with Gasteiger partial charge in [0.05, 0.1) is 11.7 Å². The number of benzene rings is 3. The van der Waals surface area contributed by atoms with E-state index < -0.39 is 111 Å². The first kappa shape index (κ1) is 29.9. The van der Waals surface area contributed by atoms with Gasteiger partial charge in [0.15, 0.2) is 52.5 Å². The van der Waals surface area contributed by atoms with Crippen LogP contribution in [0.1, 0.15) is 17.3 Å². The summed E-state index contributed by atoms with van der Waals surface area (Å²) in [6, 6.07) is 5.08. The molecule has 2 heterocycles. The number of aliphatic hydroxyl groups excluding tert-OH is 2. The van der Waals surface area contributed by atoms with Gasteiger partial charge < -0.3 is 69.7 Å². The number of carbonyl (C=O) groups is 1. The minimum atomic E-state index is -2.04. The molecular formula is C28H24O16. The summed E-state index contributed by atoms with van der Waals surface area (Å²) < 4.78 is 22.1. The van der Waals surface area contributed by atoms with Gasteiger partial charge in [-0.3, -0.25) is 4.79 Å². The molecule has 0 spiro atoms. The summed E-state index contributed by atoms with van der Waals surface area (Å²) in [5, 5.41) is 100. The van der Waals surface area contributed by atoms with E-state index in [1.165, 1.54) is 6.92 Å². The smallest absolute Gasteiger partial charge is 0.338 e. The topological polar surface area (TPSA) is 277 Å². The van der Waals surface area contributed by atoms with E-state index in [0.717, 1.165) is 36.4 Å². The SMILES string of the molecule is C[C@@H]1O[C@@H](Oc2c(-c3cc(O)c(O)c(O)c3)oc3cc(O)cc(O)c3c2=O)[C@@H](O)[C@H](OC(=O)c2cc(O)c(O)c(O)c2)[C@H]1O. The zero-order valence-electron chi connectivity index (χ0n) is 22.3. The number of phenols is 8. The maximum atomic E-state index is 13.6. The lowest BCUT2D eigenvalue weighted by molar-refractivity contribution is -0.267. The molecule has 1 aliphatic rings. The highest BCUT2D eigenvalue weighted by Gasteiger charge is 2.47. The predicted molar refractivity (Wildman–Crippen MR) is 144 cm³/mol. The lowest BCUT2D eigenvalue weighted by Gasteiger charge is -2.40. The van der Waals surface area contributed by atoms with Crippen molar-refractivity contribution in [1.82, 2.24) is 0 Å². The highest BCUT2D eigenvalue weighted by Crippen LogP contribution is 2.43. The second kappa shape index (κ2) is 10.9. The third kappa shape index (κ3) is 5.13. The van der Waals surface area contributed by atoms with Crippen molar-refractivity contribution in [3.05, 3.63) is 52.2 Å². The molecule has 44 heavy (non-hydrogen) atoms. The van der Waals surface area contributed by atoms with E-state index in [9.17, 15) is 60.7 Å². The largest absolute Gasteiger partial charge is 0.508 e. The molecule has 1 aliphatic heterocycles. The van der Waals surface area contributed by atoms with Gasteiger partial charge >= 0.3 is 5.97 Å². The summed E-state index contributed by atoms with van der Waals surface area (Å²) in [5.74, 6) is -9.03. The first-order chi connectivity index (χ1) is 20.7. The monoisotopic (exact) mass is 616 g/mol. The lowest BCUT2D eigenvalue weighted by Crippen LogP contribution is -2.59. The van der Waals surface area contributed by atoms with Gasteiger partial charge in [-0.05, 0) is 31.2 Å². The fourth-order valence-corrected chi connectivity index (χ4v) is 4.56. The number of hydrogen-bond donors (Lipinski definition) is 10. The first-order valence-corrected chi connectivity index (χ1v) is 12.6. The van der Waals surface area contributed by atoms with Crippen LogP contribution in [0.25, 0.3) is 22.3 Å². The number of phenolic OH excluding ortho intramolecular Hbond substituents is 8. The van der Waals surface area contributed by atoms with Crippen LogP contribution in [0, 0.1) is 0 Å². The summed E-state index contributed by atoms with van der Waals surface area (Å²) in [5.41, 5.74) is -2.20. The van der Waals surface area contributed by atoms with Gasteiger partial charge in [-0.25, -0.2) is 4.79 Å². The molecule has 5 rings (SSSR count). The van der Waals surface area contributed by atoms with Crippen molar-refractivity contribution in [3.63, 3.8) is 0 Å². The molecule has 0 aliphatic carbocycles. The number of esters is 1. The zero-order valence-corrected chi connectivity index (χ0v) is 22.3. The number of fused-ring (bicyclic) bond motifs is 1. The van der Waals surface area contributed by atoms with Gasteiger partial charge in [0, 0.05) is 17.7 Å². The molecule has 4 aromatic rings. The van der Waals surface area contributed by atoms with Gasteiger partial charge in [0.25, 0.3) is 0 Å². The van der Waals surface area contributed by atoms with E-state index in [0.29, 0.717) is 0 Å². The van der Waals surface area contributed by atoms with E-state index in [2.05, 4.69) is 0 Å². The van der Waals surface area contributed by atoms with Crippen LogP contribution < -0.4 is 10.2 Å². The lowest BCUT2D eigenvalue weighted by atomic mass is 9.99. The molecule has 1 fully saturated rings. The van der Waals surface area contributed by atoms with Crippen LogP contribution in [-0.4, -0.2) is 87.7 Å². The van der Waals surface area contributed by atoms with Gasteiger partial charge in [-0.2, -0.15) is 0 Å². The molecule has 0 bridgehead atoms. The number of carbonyl (C=O) groups excluding carboxylic acids is 1. The highest BCUT2D eigenvalue weighted by atomic mass is 16.7. The number of aromatic hydroxyl groups is 8. The van der Waals surface area contributed by atoms with Crippen LogP contribution in [0.4, 0.5) is 0 Å². The van der Waals surface area contributed by atoms with Crippen molar-refractivity contribution in [2.75, 3.05) is 0 Å². The highest BCUT2D eigenvalue weighted by molar-refractivity contribution is 5.91. The molecule has 1 aromatic heterocycles. The van der Waals surface area contributed by atoms with Gasteiger partial charge in [0.1, 0.15) is 28.6 Å². The average Bonchev–Trinajstić information content (AvgIpc) is 2.95. The Kier molecular flexibility index (Phi) is 7.42. The Hall–Kier alpha value is -5.58. The second-order valence-corrected chi connectivity index (χ2v) is 9.83. The predicted octanol–water partition coefficient (Wildman–Crippen LogP) is 1.18. The molecule has 0 radical (unpaired) electrons. The summed E-state index contributed by atoms with van der Waals surface area (Å²) in [6.07, 6.45) is -8.66. The van der Waals surface area contributed by atoms with Crippen molar-refractivity contribution in [1.29, 1.82) is 0 Å². The Morgan fingerprint density at radius 3 is 1.93 bits per heavy atom. The average molecular weight is 616 g/mol. The van der Waals surface area contributed by atoms with Crippen molar-refractivity contribution in [2.24, 2.45) is 0 Å². The van der Waals surface area contributed by atoms with Gasteiger partial charge in [0.2, 0.25) is 17.5 Å². The van der Waals surface area contributed by atoms with E-state index in [1.54, 1.807) is 0 Å². The second-order valence-electron chi connectivity index (χ2n) is 9.83. The molecule has 5 atom stereocenters. The van der Waals surface area contributed by atoms with E-state index in [1.807, 2.05) is 0 Å². The molecule has 232 valence electrons. The molecule has 0 saturated carbocycles. The van der Waals surface area contributed by atoms with E-state index in [-0.39, 0.29) is 11.1 Å². The number of hydrogen-bond acceptors (Lipinski definition) is 16. The van der Waals surface area contributed by atoms with Crippen molar-refractivity contribution in [3.8, 4) is 63.1 Å². The maximum Gasteiger partial charge on any atom is 0.338 e. The quantitative estimate of drug-likeness (QED) is 0.111. The summed E-state index contributed by atoms with van der Waals surface area (Å²) in [7, 11) is 0. The van der Waals surface area contributed by atoms with E-state index >= 15 is 0 Å². The van der Waals surface area contributed by atoms with Crippen molar-refractivity contribution >= 4 is 16.9 Å². The molecule has 16 nitrogen and oxygen atoms in total. The number of aliphatic hydroxyl groups is 2. The van der Waals surface area contributed by atoms with Crippen LogP contribution in [0.5, 0.6) is 51.7 Å². The molecule has 1 saturated heterocycles. The van der Waals surface area contributed by atoms with Crippen LogP contribution in [0.15, 0.2) is 45.6 Å². The Morgan fingerprint density at radius 1 is 0.773 bits per heavy atom. The van der Waals surface area contributed by atoms with Crippen molar-refractivity contribution in [2.45, 2.75) is 37.6 Å². The van der Waals surface area contributed by atoms with Crippen LogP contribution >= 0.6 is 0 Å². The third-order valence-corrected chi connectivity index (χ3v) is 6.81. The van der Waals surface area contributed by atoms with Crippen LogP contribution in [0.2, 0.25) is 0 Å². The Labute approximate surface area is 244 Å². The molecule has 0 amide bonds. The van der Waals surface area contributed by atoms with Crippen LogP contribution in [-0.2, 0) is 9.47 Å². The minimum absolute atomic E-state index is 0.261. The Balaban J connectivity index is 1.57. The standard InChI is InChI=1S/C28H24O16/c1-8-19(35)25(43-27(40)10-4-15(33)21(37)16(34)5-10)23(39)28(41-8)44-26-22(38)18-12(30)6-11(29)7-17(18)42-24(26)9-2-13(31)20(36)14(32)3-9/h2-8,19,23,25,28-37,39H,1H3/t8-,19-,23-,25+,28-/m0/s1. The Bertz CT molecular complexity index is 1800. The van der Waals surface area contributed by atoms with Crippen LogP contribution in [0.3, 0.4) is 0 Å². The first-order valence-electron chi connectivity index (χ1n) is 12.6. The third-order valence-electron chi connectivity index (χ3n) is 6.81. The number of ether oxygens (including phenoxy) is 3. The summed E-state index contributed by atoms with van der Waals surface area (Å²) in [4.78, 5) is 26.4. The van der Waals surface area contributed by atoms with E-state index in [4.69, 9.17) is 18.6 Å². The molecule has 10 N–H and O–H groups in total. The fourth-order valence-electron chi connectivity index (χ4n) is 4.56. The maximum absolute atomic E-state index is 13.6. The normalized spacial score (nSPS) is 21.7. The number of rotatable bonds is 5. The Morgan fingerprint density at radius 2 is 1.34 bits per heavy atom. The fraction of sp³-hybridized carbons (Fsp3) is 0.214. The molecule has 3 aromatic carbocycles. The minimum Gasteiger partial charge on any atom is -0.508 e. The summed E-state index contributed by atoms with van der Waals surface area (Å²) >= 11 is 0. The molecular weight excluding hydrogens is 592 g/mol. The van der Waals surface area contributed by atoms with Gasteiger partial charge in [-0.15, -0.1) is 0 Å². The summed E-state index contributed by atoms with van der Waals surface area (Å²) in [6.45, 7) is 1.31.